The van der Waals surface area contributed by atoms with Crippen LogP contribution >= 0.6 is 0 Å². The standard InChI is InChI=1S/C13H15FN2O3/c14-11-3-1-2-10(15-11)13(19)16-7-6-9(8-16)4-5-12(17)18/h1-3,9H,4-8H2,(H,17,18). The van der Waals surface area contributed by atoms with Crippen LogP contribution in [0.25, 0.3) is 0 Å². The van der Waals surface area contributed by atoms with Gasteiger partial charge in [0.2, 0.25) is 5.95 Å². The molecule has 1 fully saturated rings. The van der Waals surface area contributed by atoms with Crippen LogP contribution in [0.1, 0.15) is 29.8 Å². The van der Waals surface area contributed by atoms with Crippen molar-refractivity contribution >= 4 is 11.9 Å². The first-order chi connectivity index (χ1) is 9.06. The molecular formula is C13H15FN2O3. The van der Waals surface area contributed by atoms with E-state index in [1.807, 2.05) is 0 Å². The van der Waals surface area contributed by atoms with Crippen molar-refractivity contribution in [2.24, 2.45) is 5.92 Å². The second-order valence-electron chi connectivity index (χ2n) is 4.68. The molecule has 1 atom stereocenters. The van der Waals surface area contributed by atoms with Gasteiger partial charge in [-0.3, -0.25) is 9.59 Å². The van der Waals surface area contributed by atoms with Crippen LogP contribution in [0.4, 0.5) is 4.39 Å². The molecule has 0 saturated carbocycles. The molecule has 1 saturated heterocycles. The van der Waals surface area contributed by atoms with Crippen molar-refractivity contribution in [1.29, 1.82) is 0 Å². The van der Waals surface area contributed by atoms with Crippen molar-refractivity contribution in [1.82, 2.24) is 9.88 Å². The lowest BCUT2D eigenvalue weighted by atomic mass is 10.0. The molecule has 1 amide bonds. The number of nitrogens with zero attached hydrogens (tertiary/aromatic N) is 2. The highest BCUT2D eigenvalue weighted by atomic mass is 19.1. The maximum Gasteiger partial charge on any atom is 0.303 e. The molecule has 1 aliphatic rings. The van der Waals surface area contributed by atoms with Crippen molar-refractivity contribution in [3.63, 3.8) is 0 Å². The average Bonchev–Trinajstić information content (AvgIpc) is 2.84. The van der Waals surface area contributed by atoms with Crippen LogP contribution in [0.15, 0.2) is 18.2 Å². The van der Waals surface area contributed by atoms with E-state index < -0.39 is 11.9 Å². The Labute approximate surface area is 110 Å². The van der Waals surface area contributed by atoms with E-state index in [0.717, 1.165) is 6.42 Å². The lowest BCUT2D eigenvalue weighted by Gasteiger charge is -2.15. The normalized spacial score (nSPS) is 18.6. The number of likely N-dealkylation sites (tertiary alicyclic amines) is 1. The number of carboxylic acid groups (broad SMARTS) is 1. The number of amides is 1. The summed E-state index contributed by atoms with van der Waals surface area (Å²) in [6.07, 6.45) is 1.47. The Morgan fingerprint density at radius 1 is 1.47 bits per heavy atom. The molecule has 0 bridgehead atoms. The minimum absolute atomic E-state index is 0.0962. The maximum atomic E-state index is 13.0. The number of aliphatic carboxylic acids is 1. The summed E-state index contributed by atoms with van der Waals surface area (Å²) in [6.45, 7) is 1.09. The molecule has 0 aliphatic carbocycles. The van der Waals surface area contributed by atoms with Gasteiger partial charge in [-0.25, -0.2) is 4.98 Å². The summed E-state index contributed by atoms with van der Waals surface area (Å²) in [5.41, 5.74) is 0.0962. The summed E-state index contributed by atoms with van der Waals surface area (Å²) in [5, 5.41) is 8.63. The molecule has 2 heterocycles. The Bertz CT molecular complexity index is 493. The molecule has 1 aromatic rings. The van der Waals surface area contributed by atoms with Crippen LogP contribution in [-0.2, 0) is 4.79 Å². The lowest BCUT2D eigenvalue weighted by molar-refractivity contribution is -0.137. The summed E-state index contributed by atoms with van der Waals surface area (Å²) in [7, 11) is 0. The fraction of sp³-hybridized carbons (Fsp3) is 0.462. The van der Waals surface area contributed by atoms with Crippen molar-refractivity contribution in [3.8, 4) is 0 Å². The van der Waals surface area contributed by atoms with E-state index >= 15 is 0 Å². The van der Waals surface area contributed by atoms with Gasteiger partial charge >= 0.3 is 5.97 Å². The zero-order chi connectivity index (χ0) is 13.8. The second-order valence-corrected chi connectivity index (χ2v) is 4.68. The molecule has 0 spiro atoms. The van der Waals surface area contributed by atoms with Gasteiger partial charge in [-0.05, 0) is 30.9 Å². The largest absolute Gasteiger partial charge is 0.481 e. The van der Waals surface area contributed by atoms with E-state index in [4.69, 9.17) is 5.11 Å². The summed E-state index contributed by atoms with van der Waals surface area (Å²) >= 11 is 0. The van der Waals surface area contributed by atoms with E-state index in [0.29, 0.717) is 19.5 Å². The fourth-order valence-electron chi connectivity index (χ4n) is 2.27. The van der Waals surface area contributed by atoms with Crippen molar-refractivity contribution in [2.75, 3.05) is 13.1 Å². The molecule has 1 aliphatic heterocycles. The van der Waals surface area contributed by atoms with Gasteiger partial charge in [-0.1, -0.05) is 6.07 Å². The summed E-state index contributed by atoms with van der Waals surface area (Å²) in [4.78, 5) is 27.7. The van der Waals surface area contributed by atoms with Crippen LogP contribution in [0.3, 0.4) is 0 Å². The minimum Gasteiger partial charge on any atom is -0.481 e. The second kappa shape index (κ2) is 5.77. The molecule has 0 radical (unpaired) electrons. The van der Waals surface area contributed by atoms with E-state index in [1.165, 1.54) is 18.2 Å². The molecule has 1 N–H and O–H groups in total. The van der Waals surface area contributed by atoms with Crippen LogP contribution in [0, 0.1) is 11.9 Å². The Kier molecular flexibility index (Phi) is 4.09. The zero-order valence-corrected chi connectivity index (χ0v) is 10.4. The highest BCUT2D eigenvalue weighted by molar-refractivity contribution is 5.92. The van der Waals surface area contributed by atoms with Gasteiger partial charge in [0.05, 0.1) is 0 Å². The van der Waals surface area contributed by atoms with Crippen LogP contribution in [0.5, 0.6) is 0 Å². The molecule has 102 valence electrons. The third-order valence-corrected chi connectivity index (χ3v) is 3.27. The van der Waals surface area contributed by atoms with Gasteiger partial charge in [-0.2, -0.15) is 4.39 Å². The highest BCUT2D eigenvalue weighted by Gasteiger charge is 2.27. The van der Waals surface area contributed by atoms with Gasteiger partial charge in [0.1, 0.15) is 5.69 Å². The molecule has 1 aromatic heterocycles. The van der Waals surface area contributed by atoms with E-state index in [1.54, 1.807) is 4.90 Å². The smallest absolute Gasteiger partial charge is 0.303 e. The quantitative estimate of drug-likeness (QED) is 0.839. The first kappa shape index (κ1) is 13.5. The minimum atomic E-state index is -0.823. The Balaban J connectivity index is 1.93. The number of hydrogen-bond donors (Lipinski definition) is 1. The van der Waals surface area contributed by atoms with E-state index in [2.05, 4.69) is 4.98 Å². The topological polar surface area (TPSA) is 70.5 Å². The SMILES string of the molecule is O=C(O)CCC1CCN(C(=O)c2cccc(F)n2)C1. The van der Waals surface area contributed by atoms with Crippen LogP contribution < -0.4 is 0 Å². The monoisotopic (exact) mass is 266 g/mol. The number of pyridine rings is 1. The molecular weight excluding hydrogens is 251 g/mol. The van der Waals surface area contributed by atoms with Gasteiger partial charge in [0, 0.05) is 19.5 Å². The molecule has 19 heavy (non-hydrogen) atoms. The predicted molar refractivity (Wildman–Crippen MR) is 65.1 cm³/mol. The van der Waals surface area contributed by atoms with Crippen LogP contribution in [-0.4, -0.2) is 40.0 Å². The van der Waals surface area contributed by atoms with Gasteiger partial charge in [0.15, 0.2) is 0 Å². The Hall–Kier alpha value is -1.98. The fourth-order valence-corrected chi connectivity index (χ4v) is 2.27. The maximum absolute atomic E-state index is 13.0. The first-order valence-corrected chi connectivity index (χ1v) is 6.20. The molecule has 1 unspecified atom stereocenters. The molecule has 6 heteroatoms. The summed E-state index contributed by atoms with van der Waals surface area (Å²) < 4.78 is 13.0. The number of carboxylic acids is 1. The molecule has 0 aromatic carbocycles. The third kappa shape index (κ3) is 3.49. The Morgan fingerprint density at radius 2 is 2.26 bits per heavy atom. The highest BCUT2D eigenvalue weighted by Crippen LogP contribution is 2.22. The van der Waals surface area contributed by atoms with Crippen molar-refractivity contribution in [3.05, 3.63) is 29.8 Å². The van der Waals surface area contributed by atoms with Crippen molar-refractivity contribution < 1.29 is 19.1 Å². The lowest BCUT2D eigenvalue weighted by Crippen LogP contribution is -2.29. The number of hydrogen-bond acceptors (Lipinski definition) is 3. The van der Waals surface area contributed by atoms with Crippen LogP contribution in [0.2, 0.25) is 0 Å². The number of halogens is 1. The molecule has 5 nitrogen and oxygen atoms in total. The van der Waals surface area contributed by atoms with E-state index in [9.17, 15) is 14.0 Å². The number of carbonyl (C=O) groups excluding carboxylic acids is 1. The summed E-state index contributed by atoms with van der Waals surface area (Å²) in [5.74, 6) is -1.59. The number of carbonyl (C=O) groups is 2. The van der Waals surface area contributed by atoms with Crippen molar-refractivity contribution in [2.45, 2.75) is 19.3 Å². The number of aromatic nitrogens is 1. The Morgan fingerprint density at radius 3 is 2.95 bits per heavy atom. The first-order valence-electron chi connectivity index (χ1n) is 6.20. The summed E-state index contributed by atoms with van der Waals surface area (Å²) in [6, 6.07) is 4.12. The number of rotatable bonds is 4. The van der Waals surface area contributed by atoms with Gasteiger partial charge < -0.3 is 10.0 Å². The predicted octanol–water partition coefficient (Wildman–Crippen LogP) is 1.55. The van der Waals surface area contributed by atoms with Gasteiger partial charge in [0.25, 0.3) is 5.91 Å². The third-order valence-electron chi connectivity index (χ3n) is 3.27. The molecule has 2 rings (SSSR count). The zero-order valence-electron chi connectivity index (χ0n) is 10.4. The average molecular weight is 266 g/mol. The van der Waals surface area contributed by atoms with E-state index in [-0.39, 0.29) is 23.9 Å². The van der Waals surface area contributed by atoms with Gasteiger partial charge in [-0.15, -0.1) is 0 Å².